The Morgan fingerprint density at radius 1 is 1.38 bits per heavy atom. The highest BCUT2D eigenvalue weighted by Gasteiger charge is 2.17. The summed E-state index contributed by atoms with van der Waals surface area (Å²) in [5.41, 5.74) is 1.12. The highest BCUT2D eigenvalue weighted by Crippen LogP contribution is 2.17. The van der Waals surface area contributed by atoms with Gasteiger partial charge in [-0.05, 0) is 12.0 Å². The summed E-state index contributed by atoms with van der Waals surface area (Å²) in [7, 11) is 0. The van der Waals surface area contributed by atoms with Crippen molar-refractivity contribution in [3.8, 4) is 0 Å². The molecular weight excluding hydrogens is 260 g/mol. The van der Waals surface area contributed by atoms with E-state index in [1.165, 1.54) is 0 Å². The number of hydrogen-bond donors (Lipinski definition) is 2. The Hall–Kier alpha value is -0.520. The summed E-state index contributed by atoms with van der Waals surface area (Å²) in [6, 6.07) is 9.82. The Morgan fingerprint density at radius 2 is 2.00 bits per heavy atom. The second-order valence-electron chi connectivity index (χ2n) is 3.39. The molecule has 16 heavy (non-hydrogen) atoms. The first-order chi connectivity index (χ1) is 7.63. The third-order valence-electron chi connectivity index (χ3n) is 2.19. The van der Waals surface area contributed by atoms with Gasteiger partial charge < -0.3 is 4.18 Å². The second-order valence-corrected chi connectivity index (χ2v) is 4.80. The minimum atomic E-state index is -0.388. The molecule has 1 unspecified atom stereocenters. The fraction of sp³-hybridized carbons (Fsp3) is 0.273. The van der Waals surface area contributed by atoms with Gasteiger partial charge >= 0.3 is 5.97 Å². The van der Waals surface area contributed by atoms with Crippen molar-refractivity contribution < 1.29 is 8.98 Å². The molecular formula is C11H12O2S3. The summed E-state index contributed by atoms with van der Waals surface area (Å²) in [4.78, 5) is 11.1. The van der Waals surface area contributed by atoms with Crippen molar-refractivity contribution in [3.05, 3.63) is 35.9 Å². The molecule has 0 fully saturated rings. The molecule has 1 rings (SSSR count). The van der Waals surface area contributed by atoms with Crippen LogP contribution in [0.15, 0.2) is 30.3 Å². The highest BCUT2D eigenvalue weighted by molar-refractivity contribution is 8.11. The molecule has 0 heterocycles. The van der Waals surface area contributed by atoms with E-state index in [9.17, 15) is 4.79 Å². The molecule has 0 saturated heterocycles. The standard InChI is InChI=1S/C11H12O2S3/c12-10(13-16)7-9(11(14)15)6-8-4-2-1-3-5-8/h1-5,9,16H,6-7H2,(H,14,15). The van der Waals surface area contributed by atoms with Gasteiger partial charge in [0.05, 0.1) is 6.42 Å². The van der Waals surface area contributed by atoms with E-state index in [2.05, 4.69) is 29.7 Å². The Morgan fingerprint density at radius 3 is 2.50 bits per heavy atom. The first-order valence-electron chi connectivity index (χ1n) is 4.74. The Kier molecular flexibility index (Phi) is 5.87. The zero-order valence-corrected chi connectivity index (χ0v) is 11.1. The fourth-order valence-electron chi connectivity index (χ4n) is 1.38. The van der Waals surface area contributed by atoms with Crippen LogP contribution in [0.1, 0.15) is 12.0 Å². The summed E-state index contributed by atoms with van der Waals surface area (Å²) in [6.07, 6.45) is 0.896. The van der Waals surface area contributed by atoms with Crippen LogP contribution in [-0.2, 0) is 15.4 Å². The van der Waals surface area contributed by atoms with Crippen molar-refractivity contribution in [1.82, 2.24) is 0 Å². The van der Waals surface area contributed by atoms with Crippen molar-refractivity contribution in [2.75, 3.05) is 0 Å². The quantitative estimate of drug-likeness (QED) is 0.490. The third kappa shape index (κ3) is 4.55. The van der Waals surface area contributed by atoms with Crippen LogP contribution in [0.3, 0.4) is 0 Å². The summed E-state index contributed by atoms with van der Waals surface area (Å²) < 4.78 is 4.85. The lowest BCUT2D eigenvalue weighted by atomic mass is 9.98. The minimum Gasteiger partial charge on any atom is -0.395 e. The third-order valence-corrected chi connectivity index (χ3v) is 3.09. The molecule has 0 radical (unpaired) electrons. The number of benzene rings is 1. The number of carbonyl (C=O) groups is 1. The molecule has 86 valence electrons. The number of rotatable bonds is 5. The van der Waals surface area contributed by atoms with Crippen LogP contribution in [0.25, 0.3) is 0 Å². The molecule has 0 N–H and O–H groups in total. The van der Waals surface area contributed by atoms with Gasteiger partial charge in [0.15, 0.2) is 0 Å². The summed E-state index contributed by atoms with van der Waals surface area (Å²) >= 11 is 12.6. The fourth-order valence-corrected chi connectivity index (χ4v) is 1.81. The molecule has 5 heteroatoms. The summed E-state index contributed by atoms with van der Waals surface area (Å²) in [5.74, 6) is -0.485. The monoisotopic (exact) mass is 272 g/mol. The summed E-state index contributed by atoms with van der Waals surface area (Å²) in [5, 5.41) is 0. The van der Waals surface area contributed by atoms with E-state index in [0.29, 0.717) is 10.6 Å². The van der Waals surface area contributed by atoms with Crippen molar-refractivity contribution in [3.63, 3.8) is 0 Å². The maximum Gasteiger partial charge on any atom is 0.318 e. The molecule has 0 aliphatic carbocycles. The van der Waals surface area contributed by atoms with Crippen LogP contribution in [-0.4, -0.2) is 10.2 Å². The zero-order valence-electron chi connectivity index (χ0n) is 8.50. The molecule has 0 saturated carbocycles. The van der Waals surface area contributed by atoms with Crippen LogP contribution >= 0.6 is 37.8 Å². The van der Waals surface area contributed by atoms with E-state index >= 15 is 0 Å². The van der Waals surface area contributed by atoms with E-state index in [0.717, 1.165) is 5.56 Å². The van der Waals surface area contributed by atoms with Gasteiger partial charge in [-0.15, -0.1) is 12.6 Å². The van der Waals surface area contributed by atoms with E-state index in [1.807, 2.05) is 30.3 Å². The molecule has 0 aliphatic rings. The SMILES string of the molecule is O=C(CC(Cc1ccccc1)C(=S)S)OS. The van der Waals surface area contributed by atoms with Crippen LogP contribution in [0, 0.1) is 5.92 Å². The van der Waals surface area contributed by atoms with Crippen LogP contribution in [0.5, 0.6) is 0 Å². The molecule has 0 bridgehead atoms. The predicted octanol–water partition coefficient (Wildman–Crippen LogP) is 2.88. The van der Waals surface area contributed by atoms with E-state index in [-0.39, 0.29) is 18.3 Å². The van der Waals surface area contributed by atoms with Gasteiger partial charge in [-0.3, -0.25) is 4.79 Å². The van der Waals surface area contributed by atoms with E-state index in [1.54, 1.807) is 0 Å². The normalized spacial score (nSPS) is 11.9. The maximum absolute atomic E-state index is 11.1. The van der Waals surface area contributed by atoms with Crippen LogP contribution in [0.2, 0.25) is 0 Å². The van der Waals surface area contributed by atoms with Gasteiger partial charge in [-0.2, -0.15) is 0 Å². The van der Waals surface area contributed by atoms with Crippen LogP contribution < -0.4 is 0 Å². The Labute approximate surface area is 111 Å². The van der Waals surface area contributed by atoms with Crippen molar-refractivity contribution in [1.29, 1.82) is 0 Å². The minimum absolute atomic E-state index is 0.0969. The molecule has 0 aromatic heterocycles. The Bertz CT molecular complexity index is 365. The van der Waals surface area contributed by atoms with Gasteiger partial charge in [0.2, 0.25) is 0 Å². The van der Waals surface area contributed by atoms with Crippen molar-refractivity contribution in [2.45, 2.75) is 12.8 Å². The molecule has 0 aliphatic heterocycles. The molecule has 2 nitrogen and oxygen atoms in total. The van der Waals surface area contributed by atoms with Gasteiger partial charge in [0, 0.05) is 23.0 Å². The van der Waals surface area contributed by atoms with Crippen LogP contribution in [0.4, 0.5) is 0 Å². The first-order valence-corrected chi connectivity index (χ1v) is 5.96. The predicted molar refractivity (Wildman–Crippen MR) is 74.9 cm³/mol. The van der Waals surface area contributed by atoms with Crippen molar-refractivity contribution in [2.24, 2.45) is 5.92 Å². The second kappa shape index (κ2) is 6.93. The number of carbonyl (C=O) groups excluding carboxylic acids is 1. The first kappa shape index (κ1) is 13.5. The lowest BCUT2D eigenvalue weighted by molar-refractivity contribution is -0.133. The lowest BCUT2D eigenvalue weighted by Gasteiger charge is -2.13. The highest BCUT2D eigenvalue weighted by atomic mass is 32.1. The number of thiocarbonyl (C=S) groups is 1. The number of hydrogen-bond acceptors (Lipinski definition) is 4. The average molecular weight is 272 g/mol. The smallest absolute Gasteiger partial charge is 0.318 e. The number of thiol groups is 2. The maximum atomic E-state index is 11.1. The average Bonchev–Trinajstić information content (AvgIpc) is 2.29. The lowest BCUT2D eigenvalue weighted by Crippen LogP contribution is -2.16. The van der Waals surface area contributed by atoms with Crippen molar-refractivity contribution >= 4 is 47.9 Å². The van der Waals surface area contributed by atoms with E-state index in [4.69, 9.17) is 12.2 Å². The van der Waals surface area contributed by atoms with Gasteiger partial charge in [0.1, 0.15) is 0 Å². The summed E-state index contributed by atoms with van der Waals surface area (Å²) in [6.45, 7) is 0. The molecule has 0 spiro atoms. The molecule has 1 atom stereocenters. The molecule has 0 amide bonds. The van der Waals surface area contributed by atoms with E-state index < -0.39 is 0 Å². The topological polar surface area (TPSA) is 26.3 Å². The van der Waals surface area contributed by atoms with Gasteiger partial charge in [-0.25, -0.2) is 0 Å². The van der Waals surface area contributed by atoms with Gasteiger partial charge in [-0.1, -0.05) is 42.5 Å². The largest absolute Gasteiger partial charge is 0.395 e. The Balaban J connectivity index is 2.65. The zero-order chi connectivity index (χ0) is 12.0. The molecule has 1 aromatic rings. The molecule has 1 aromatic carbocycles. The van der Waals surface area contributed by atoms with Gasteiger partial charge in [0.25, 0.3) is 0 Å².